The maximum absolute atomic E-state index is 10.7. The standard InChI is InChI=1S/C8H6N2O2S/c11-8(12)13-4-1-6-5-9-2-3-10-7(6)13/h1-3,5H,4H2. The van der Waals surface area contributed by atoms with E-state index in [2.05, 4.69) is 9.98 Å². The first kappa shape index (κ1) is 8.25. The van der Waals surface area contributed by atoms with Gasteiger partial charge in [0.25, 0.3) is 10.3 Å². The third kappa shape index (κ3) is 1.42. The van der Waals surface area contributed by atoms with Gasteiger partial charge in [0.2, 0.25) is 0 Å². The number of fused-ring (bicyclic) bond motifs is 1. The Morgan fingerprint density at radius 3 is 3.15 bits per heavy atom. The molecule has 0 fully saturated rings. The summed E-state index contributed by atoms with van der Waals surface area (Å²) in [6, 6.07) is 0. The highest BCUT2D eigenvalue weighted by Gasteiger charge is 2.36. The molecule has 0 saturated carbocycles. The van der Waals surface area contributed by atoms with Crippen molar-refractivity contribution in [2.45, 2.75) is 0 Å². The molecule has 5 heteroatoms. The zero-order valence-electron chi connectivity index (χ0n) is 6.64. The Kier molecular flexibility index (Phi) is 2.02. The maximum atomic E-state index is 10.7. The maximum Gasteiger partial charge on any atom is 0.281 e. The van der Waals surface area contributed by atoms with Crippen LogP contribution in [0.4, 0.5) is 4.79 Å². The Labute approximate surface area is 77.7 Å². The monoisotopic (exact) mass is 194 g/mol. The molecule has 2 aliphatic rings. The molecule has 0 aromatic carbocycles. The van der Waals surface area contributed by atoms with Crippen LogP contribution >= 0.6 is 0 Å². The average Bonchev–Trinajstić information content (AvgIpc) is 2.36. The van der Waals surface area contributed by atoms with E-state index in [1.807, 2.05) is 6.08 Å². The molecule has 0 bridgehead atoms. The van der Waals surface area contributed by atoms with Crippen LogP contribution in [0.1, 0.15) is 0 Å². The predicted molar refractivity (Wildman–Crippen MR) is 50.8 cm³/mol. The Balaban J connectivity index is 2.36. The van der Waals surface area contributed by atoms with Crippen molar-refractivity contribution in [1.82, 2.24) is 0 Å². The lowest BCUT2D eigenvalue weighted by molar-refractivity contribution is -0.232. The molecule has 0 spiro atoms. The van der Waals surface area contributed by atoms with E-state index in [1.165, 1.54) is 12.4 Å². The summed E-state index contributed by atoms with van der Waals surface area (Å²) in [6.07, 6.45) is 6.48. The Morgan fingerprint density at radius 1 is 1.54 bits per heavy atom. The summed E-state index contributed by atoms with van der Waals surface area (Å²) in [5.74, 6) is 0.482. The smallest absolute Gasteiger partial charge is 0.281 e. The second kappa shape index (κ2) is 3.18. The van der Waals surface area contributed by atoms with E-state index in [4.69, 9.17) is 0 Å². The second-order valence-corrected chi connectivity index (χ2v) is 4.31. The minimum Gasteiger partial charge on any atom is -0.504 e. The summed E-state index contributed by atoms with van der Waals surface area (Å²) in [5, 5.41) is 10.2. The van der Waals surface area contributed by atoms with Crippen LogP contribution in [0, 0.1) is 0 Å². The molecule has 0 radical (unpaired) electrons. The van der Waals surface area contributed by atoms with Crippen molar-refractivity contribution in [2.24, 2.45) is 9.98 Å². The molecule has 66 valence electrons. The Bertz CT molecular complexity index is 368. The van der Waals surface area contributed by atoms with Gasteiger partial charge in [-0.2, -0.15) is 0 Å². The van der Waals surface area contributed by atoms with Gasteiger partial charge in [-0.3, -0.25) is 4.99 Å². The molecule has 0 aliphatic carbocycles. The van der Waals surface area contributed by atoms with Crippen molar-refractivity contribution in [2.75, 3.05) is 5.75 Å². The van der Waals surface area contributed by atoms with E-state index in [0.29, 0.717) is 10.8 Å². The molecular formula is C8H6N2O2S. The molecule has 0 N–H and O–H groups in total. The number of rotatable bonds is 0. The van der Waals surface area contributed by atoms with Gasteiger partial charge in [0, 0.05) is 12.4 Å². The van der Waals surface area contributed by atoms with E-state index in [9.17, 15) is 9.90 Å². The first-order valence-electron chi connectivity index (χ1n) is 3.67. The zero-order chi connectivity index (χ0) is 9.26. The first-order valence-corrected chi connectivity index (χ1v) is 5.07. The molecule has 1 atom stereocenters. The number of hydrogen-bond acceptors (Lipinski definition) is 4. The van der Waals surface area contributed by atoms with Crippen LogP contribution in [0.3, 0.4) is 0 Å². The van der Waals surface area contributed by atoms with Gasteiger partial charge in [-0.15, -0.1) is 0 Å². The van der Waals surface area contributed by atoms with Gasteiger partial charge in [-0.1, -0.05) is 0 Å². The lowest BCUT2D eigenvalue weighted by Crippen LogP contribution is -2.34. The van der Waals surface area contributed by atoms with Crippen LogP contribution in [0.25, 0.3) is 0 Å². The average molecular weight is 194 g/mol. The molecular weight excluding hydrogens is 188 g/mol. The summed E-state index contributed by atoms with van der Waals surface area (Å²) < 4.78 is 0. The van der Waals surface area contributed by atoms with Crippen LogP contribution in [0.2, 0.25) is 0 Å². The topological polar surface area (TPSA) is 64.8 Å². The molecule has 1 unspecified atom stereocenters. The number of carbonyl (C=O) groups is 1. The number of carboxylic acid groups (broad SMARTS) is 1. The molecule has 2 aliphatic heterocycles. The molecule has 4 nitrogen and oxygen atoms in total. The second-order valence-electron chi connectivity index (χ2n) is 2.48. The predicted octanol–water partition coefficient (Wildman–Crippen LogP) is -0.158. The largest absolute Gasteiger partial charge is 0.504 e. The first-order chi connectivity index (χ1) is 6.29. The van der Waals surface area contributed by atoms with Gasteiger partial charge >= 0.3 is 0 Å². The Hall–Kier alpha value is -1.36. The molecule has 0 saturated heterocycles. The summed E-state index contributed by atoms with van der Waals surface area (Å²) in [7, 11) is -0.886. The van der Waals surface area contributed by atoms with Crippen molar-refractivity contribution in [1.29, 1.82) is 0 Å². The molecule has 13 heavy (non-hydrogen) atoms. The minimum atomic E-state index is -1.05. The highest BCUT2D eigenvalue weighted by Crippen LogP contribution is 2.18. The fraction of sp³-hybridized carbons (Fsp3) is 0.125. The third-order valence-electron chi connectivity index (χ3n) is 1.71. The SMILES string of the molecule is O=C([O-])[S+]1CC=C2C=NC=CN=C21. The van der Waals surface area contributed by atoms with Crippen molar-refractivity contribution >= 4 is 27.5 Å². The van der Waals surface area contributed by atoms with Crippen molar-refractivity contribution < 1.29 is 9.90 Å². The fourth-order valence-electron chi connectivity index (χ4n) is 1.14. The van der Waals surface area contributed by atoms with Gasteiger partial charge in [0.1, 0.15) is 16.6 Å². The summed E-state index contributed by atoms with van der Waals surface area (Å²) in [4.78, 5) is 18.6. The summed E-state index contributed by atoms with van der Waals surface area (Å²) in [6.45, 7) is 0. The van der Waals surface area contributed by atoms with Crippen molar-refractivity contribution in [3.05, 3.63) is 24.0 Å². The van der Waals surface area contributed by atoms with E-state index >= 15 is 0 Å². The fourth-order valence-corrected chi connectivity index (χ4v) is 2.54. The highest BCUT2D eigenvalue weighted by atomic mass is 32.2. The van der Waals surface area contributed by atoms with Crippen molar-refractivity contribution in [3.63, 3.8) is 0 Å². The lowest BCUT2D eigenvalue weighted by Gasteiger charge is -1.99. The highest BCUT2D eigenvalue weighted by molar-refractivity contribution is 8.23. The van der Waals surface area contributed by atoms with Gasteiger partial charge in [-0.25, -0.2) is 4.99 Å². The van der Waals surface area contributed by atoms with Crippen LogP contribution in [-0.4, -0.2) is 22.3 Å². The van der Waals surface area contributed by atoms with E-state index in [0.717, 1.165) is 5.57 Å². The van der Waals surface area contributed by atoms with E-state index < -0.39 is 16.2 Å². The van der Waals surface area contributed by atoms with Crippen molar-refractivity contribution in [3.8, 4) is 0 Å². The molecule has 2 heterocycles. The van der Waals surface area contributed by atoms with E-state index in [-0.39, 0.29) is 0 Å². The van der Waals surface area contributed by atoms with Gasteiger partial charge in [-0.05, 0) is 6.08 Å². The van der Waals surface area contributed by atoms with Crippen LogP contribution in [0.15, 0.2) is 34.0 Å². The summed E-state index contributed by atoms with van der Waals surface area (Å²) in [5.41, 5.74) is 0.803. The quantitative estimate of drug-likeness (QED) is 0.503. The number of carbonyl (C=O) groups excluding carboxylic acids is 1. The molecule has 2 rings (SSSR count). The van der Waals surface area contributed by atoms with Crippen LogP contribution in [0.5, 0.6) is 0 Å². The van der Waals surface area contributed by atoms with Gasteiger partial charge in [0.15, 0.2) is 0 Å². The molecule has 0 aromatic rings. The number of hydrogen-bond donors (Lipinski definition) is 0. The van der Waals surface area contributed by atoms with Gasteiger partial charge in [0.05, 0.1) is 11.8 Å². The minimum absolute atomic E-state index is 0.482. The third-order valence-corrected chi connectivity index (χ3v) is 3.42. The van der Waals surface area contributed by atoms with Crippen LogP contribution in [-0.2, 0) is 10.9 Å². The van der Waals surface area contributed by atoms with Gasteiger partial charge < -0.3 is 9.90 Å². The number of aliphatic imine (C=N–C) groups is 2. The zero-order valence-corrected chi connectivity index (χ0v) is 7.45. The summed E-state index contributed by atoms with van der Waals surface area (Å²) >= 11 is 0. The molecule has 0 aromatic heterocycles. The normalized spacial score (nSPS) is 24.8. The lowest BCUT2D eigenvalue weighted by atomic mass is 10.3. The Morgan fingerprint density at radius 2 is 2.38 bits per heavy atom. The number of nitrogens with zero attached hydrogens (tertiary/aromatic N) is 2. The van der Waals surface area contributed by atoms with E-state index in [1.54, 1.807) is 6.21 Å². The van der Waals surface area contributed by atoms with Crippen LogP contribution < -0.4 is 5.11 Å². The molecule has 0 amide bonds.